The van der Waals surface area contributed by atoms with Crippen LogP contribution in [0.2, 0.25) is 0 Å². The van der Waals surface area contributed by atoms with Crippen LogP contribution in [-0.4, -0.2) is 47.3 Å². The number of carbonyl (C=O) groups excluding carboxylic acids is 1. The van der Waals surface area contributed by atoms with Crippen LogP contribution in [0.4, 0.5) is 4.79 Å². The highest BCUT2D eigenvalue weighted by Crippen LogP contribution is 2.13. The molecule has 0 atom stereocenters. The number of hydrogen-bond acceptors (Lipinski definition) is 3. The maximum Gasteiger partial charge on any atom is 0.315 e. The number of amides is 2. The van der Waals surface area contributed by atoms with Gasteiger partial charge in [-0.15, -0.1) is 0 Å². The minimum atomic E-state index is -0.879. The number of rotatable bonds is 5. The van der Waals surface area contributed by atoms with Gasteiger partial charge in [0.2, 0.25) is 0 Å². The first-order valence-electron chi connectivity index (χ1n) is 7.95. The maximum atomic E-state index is 11.8. The maximum absolute atomic E-state index is 11.8. The summed E-state index contributed by atoms with van der Waals surface area (Å²) in [6.07, 6.45) is 1.92. The summed E-state index contributed by atoms with van der Waals surface area (Å²) in [5, 5.41) is 15.3. The van der Waals surface area contributed by atoms with Crippen molar-refractivity contribution in [1.29, 1.82) is 0 Å². The largest absolute Gasteiger partial charge is 0.389 e. The van der Waals surface area contributed by atoms with E-state index < -0.39 is 5.60 Å². The normalized spacial score (nSPS) is 17.2. The van der Waals surface area contributed by atoms with Crippen molar-refractivity contribution < 1.29 is 9.90 Å². The molecule has 122 valence electrons. The summed E-state index contributed by atoms with van der Waals surface area (Å²) in [6, 6.07) is 10.5. The molecule has 0 aliphatic carbocycles. The summed E-state index contributed by atoms with van der Waals surface area (Å²) in [5.41, 5.74) is 0.452. The van der Waals surface area contributed by atoms with Crippen molar-refractivity contribution in [3.8, 4) is 0 Å². The van der Waals surface area contributed by atoms with Crippen molar-refractivity contribution in [2.75, 3.05) is 19.6 Å². The second-order valence-corrected chi connectivity index (χ2v) is 6.68. The van der Waals surface area contributed by atoms with Gasteiger partial charge in [0, 0.05) is 32.2 Å². The molecule has 0 aromatic heterocycles. The van der Waals surface area contributed by atoms with Crippen LogP contribution in [0.5, 0.6) is 0 Å². The molecule has 1 aromatic carbocycles. The van der Waals surface area contributed by atoms with Crippen molar-refractivity contribution in [2.24, 2.45) is 0 Å². The number of carbonyl (C=O) groups is 1. The first kappa shape index (κ1) is 16.8. The van der Waals surface area contributed by atoms with E-state index in [1.165, 1.54) is 5.56 Å². The Morgan fingerprint density at radius 1 is 1.27 bits per heavy atom. The number of urea groups is 1. The van der Waals surface area contributed by atoms with Gasteiger partial charge in [-0.05, 0) is 32.3 Å². The quantitative estimate of drug-likeness (QED) is 0.776. The number of nitrogens with one attached hydrogen (secondary N) is 2. The average Bonchev–Trinajstić information content (AvgIpc) is 2.48. The van der Waals surface area contributed by atoms with E-state index in [-0.39, 0.29) is 18.6 Å². The molecule has 0 unspecified atom stereocenters. The summed E-state index contributed by atoms with van der Waals surface area (Å²) in [7, 11) is 0. The average molecular weight is 305 g/mol. The minimum Gasteiger partial charge on any atom is -0.389 e. The van der Waals surface area contributed by atoms with Crippen molar-refractivity contribution >= 4 is 6.03 Å². The van der Waals surface area contributed by atoms with E-state index in [1.807, 2.05) is 6.07 Å². The van der Waals surface area contributed by atoms with Crippen LogP contribution in [0.1, 0.15) is 32.3 Å². The van der Waals surface area contributed by atoms with E-state index in [4.69, 9.17) is 0 Å². The lowest BCUT2D eigenvalue weighted by Crippen LogP contribution is -2.50. The fraction of sp³-hybridized carbons (Fsp3) is 0.588. The zero-order valence-electron chi connectivity index (χ0n) is 13.5. The molecular formula is C17H27N3O2. The van der Waals surface area contributed by atoms with Gasteiger partial charge in [-0.1, -0.05) is 30.3 Å². The SMILES string of the molecule is CC(C)(O)CNC(=O)NC1CCN(Cc2ccccc2)CC1. The number of aliphatic hydroxyl groups is 1. The van der Waals surface area contributed by atoms with E-state index in [1.54, 1.807) is 13.8 Å². The van der Waals surface area contributed by atoms with E-state index in [9.17, 15) is 9.90 Å². The van der Waals surface area contributed by atoms with Crippen LogP contribution in [0.15, 0.2) is 30.3 Å². The third kappa shape index (κ3) is 6.03. The molecule has 2 amide bonds. The van der Waals surface area contributed by atoms with Gasteiger partial charge in [-0.25, -0.2) is 4.79 Å². The molecular weight excluding hydrogens is 278 g/mol. The van der Waals surface area contributed by atoms with E-state index in [2.05, 4.69) is 39.8 Å². The van der Waals surface area contributed by atoms with Crippen LogP contribution in [-0.2, 0) is 6.54 Å². The Labute approximate surface area is 132 Å². The van der Waals surface area contributed by atoms with Gasteiger partial charge >= 0.3 is 6.03 Å². The number of hydrogen-bond donors (Lipinski definition) is 3. The van der Waals surface area contributed by atoms with Gasteiger partial charge in [0.15, 0.2) is 0 Å². The third-order valence-electron chi connectivity index (χ3n) is 3.85. The van der Waals surface area contributed by atoms with Crippen molar-refractivity contribution in [1.82, 2.24) is 15.5 Å². The summed E-state index contributed by atoms with van der Waals surface area (Å²) < 4.78 is 0. The molecule has 0 spiro atoms. The third-order valence-corrected chi connectivity index (χ3v) is 3.85. The monoisotopic (exact) mass is 305 g/mol. The second-order valence-electron chi connectivity index (χ2n) is 6.68. The number of nitrogens with zero attached hydrogens (tertiary/aromatic N) is 1. The van der Waals surface area contributed by atoms with Crippen LogP contribution in [0, 0.1) is 0 Å². The lowest BCUT2D eigenvalue weighted by molar-refractivity contribution is 0.0815. The predicted molar refractivity (Wildman–Crippen MR) is 87.6 cm³/mol. The predicted octanol–water partition coefficient (Wildman–Crippen LogP) is 1.72. The van der Waals surface area contributed by atoms with Crippen LogP contribution >= 0.6 is 0 Å². The van der Waals surface area contributed by atoms with Gasteiger partial charge in [-0.2, -0.15) is 0 Å². The summed E-state index contributed by atoms with van der Waals surface area (Å²) in [5.74, 6) is 0. The number of benzene rings is 1. The van der Waals surface area contributed by atoms with Gasteiger partial charge in [0.1, 0.15) is 0 Å². The zero-order valence-corrected chi connectivity index (χ0v) is 13.5. The van der Waals surface area contributed by atoms with Crippen LogP contribution in [0.25, 0.3) is 0 Å². The first-order chi connectivity index (χ1) is 10.4. The molecule has 22 heavy (non-hydrogen) atoms. The highest BCUT2D eigenvalue weighted by atomic mass is 16.3. The number of likely N-dealkylation sites (tertiary alicyclic amines) is 1. The Bertz CT molecular complexity index is 463. The molecule has 1 aliphatic heterocycles. The molecule has 1 heterocycles. The molecule has 3 N–H and O–H groups in total. The van der Waals surface area contributed by atoms with Crippen molar-refractivity contribution in [3.05, 3.63) is 35.9 Å². The highest BCUT2D eigenvalue weighted by Gasteiger charge is 2.21. The van der Waals surface area contributed by atoms with Crippen LogP contribution in [0.3, 0.4) is 0 Å². The Balaban J connectivity index is 1.68. The Morgan fingerprint density at radius 2 is 1.91 bits per heavy atom. The van der Waals surface area contributed by atoms with E-state index in [0.717, 1.165) is 32.5 Å². The smallest absolute Gasteiger partial charge is 0.315 e. The fourth-order valence-corrected chi connectivity index (χ4v) is 2.61. The standard InChI is InChI=1S/C17H27N3O2/c1-17(2,22)13-18-16(21)19-15-8-10-20(11-9-15)12-14-6-4-3-5-7-14/h3-7,15,22H,8-13H2,1-2H3,(H2,18,19,21). The summed E-state index contributed by atoms with van der Waals surface area (Å²) in [6.45, 7) is 6.56. The van der Waals surface area contributed by atoms with Gasteiger partial charge in [-0.3, -0.25) is 4.90 Å². The van der Waals surface area contributed by atoms with Gasteiger partial charge in [0.25, 0.3) is 0 Å². The second kappa shape index (κ2) is 7.61. The molecule has 1 saturated heterocycles. The minimum absolute atomic E-state index is 0.191. The van der Waals surface area contributed by atoms with E-state index >= 15 is 0 Å². The van der Waals surface area contributed by atoms with E-state index in [0.29, 0.717) is 0 Å². The molecule has 5 nitrogen and oxygen atoms in total. The van der Waals surface area contributed by atoms with Gasteiger partial charge in [0.05, 0.1) is 5.60 Å². The first-order valence-corrected chi connectivity index (χ1v) is 7.95. The lowest BCUT2D eigenvalue weighted by Gasteiger charge is -2.32. The number of piperidine rings is 1. The Kier molecular flexibility index (Phi) is 5.80. The van der Waals surface area contributed by atoms with Crippen molar-refractivity contribution in [2.45, 2.75) is 44.9 Å². The molecule has 0 saturated carbocycles. The topological polar surface area (TPSA) is 64.6 Å². The van der Waals surface area contributed by atoms with Crippen molar-refractivity contribution in [3.63, 3.8) is 0 Å². The molecule has 1 aromatic rings. The molecule has 0 bridgehead atoms. The highest BCUT2D eigenvalue weighted by molar-refractivity contribution is 5.74. The molecule has 5 heteroatoms. The lowest BCUT2D eigenvalue weighted by atomic mass is 10.0. The Morgan fingerprint density at radius 3 is 2.50 bits per heavy atom. The Hall–Kier alpha value is -1.59. The molecule has 1 fully saturated rings. The fourth-order valence-electron chi connectivity index (χ4n) is 2.61. The summed E-state index contributed by atoms with van der Waals surface area (Å²) in [4.78, 5) is 14.2. The molecule has 1 aliphatic rings. The molecule has 0 radical (unpaired) electrons. The summed E-state index contributed by atoms with van der Waals surface area (Å²) >= 11 is 0. The molecule has 2 rings (SSSR count). The zero-order chi connectivity index (χ0) is 16.0. The van der Waals surface area contributed by atoms with Gasteiger partial charge < -0.3 is 15.7 Å². The van der Waals surface area contributed by atoms with Crippen LogP contribution < -0.4 is 10.6 Å².